The van der Waals surface area contributed by atoms with Gasteiger partial charge in [-0.3, -0.25) is 4.79 Å². The molecule has 1 rings (SSSR count). The van der Waals surface area contributed by atoms with Crippen molar-refractivity contribution in [1.29, 1.82) is 0 Å². The first-order chi connectivity index (χ1) is 7.52. The number of Topliss-reactive ketones (excluding diaryl/α,β-unsaturated/α-hetero) is 1. The summed E-state index contributed by atoms with van der Waals surface area (Å²) >= 11 is 0. The minimum atomic E-state index is 0.243. The highest BCUT2D eigenvalue weighted by atomic mass is 16.1. The lowest BCUT2D eigenvalue weighted by Gasteiger charge is -2.13. The van der Waals surface area contributed by atoms with Crippen LogP contribution in [-0.4, -0.2) is 30.8 Å². The van der Waals surface area contributed by atoms with Gasteiger partial charge in [-0.25, -0.2) is 0 Å². The van der Waals surface area contributed by atoms with Crippen molar-refractivity contribution in [1.82, 2.24) is 4.90 Å². The fourth-order valence-corrected chi connectivity index (χ4v) is 1.73. The molecule has 0 heterocycles. The summed E-state index contributed by atoms with van der Waals surface area (Å²) in [6.45, 7) is 7.98. The number of rotatable bonds is 5. The van der Waals surface area contributed by atoms with Gasteiger partial charge in [0.05, 0.1) is 0 Å². The number of carbonyl (C=O) groups is 1. The molecule has 1 aromatic rings. The Morgan fingerprint density at radius 2 is 1.75 bits per heavy atom. The van der Waals surface area contributed by atoms with E-state index in [2.05, 4.69) is 17.9 Å². The van der Waals surface area contributed by atoms with Crippen LogP contribution in [0.25, 0.3) is 0 Å². The summed E-state index contributed by atoms with van der Waals surface area (Å²) in [7, 11) is 2.04. The van der Waals surface area contributed by atoms with Gasteiger partial charge < -0.3 is 4.90 Å². The summed E-state index contributed by atoms with van der Waals surface area (Å²) in [5.41, 5.74) is 3.17. The van der Waals surface area contributed by atoms with E-state index < -0.39 is 0 Å². The van der Waals surface area contributed by atoms with Crippen molar-refractivity contribution >= 4 is 5.78 Å². The molecule has 0 saturated carbocycles. The average molecular weight is 219 g/mol. The molecule has 0 amide bonds. The highest BCUT2D eigenvalue weighted by Gasteiger charge is 2.07. The van der Waals surface area contributed by atoms with Gasteiger partial charge in [-0.1, -0.05) is 24.1 Å². The third-order valence-corrected chi connectivity index (χ3v) is 2.80. The molecule has 1 aromatic carbocycles. The zero-order chi connectivity index (χ0) is 12.1. The van der Waals surface area contributed by atoms with Crippen molar-refractivity contribution in [2.45, 2.75) is 27.2 Å². The second-order valence-corrected chi connectivity index (χ2v) is 4.45. The topological polar surface area (TPSA) is 20.3 Å². The lowest BCUT2D eigenvalue weighted by molar-refractivity contribution is 0.0970. The van der Waals surface area contributed by atoms with E-state index in [0.29, 0.717) is 6.42 Å². The third-order valence-electron chi connectivity index (χ3n) is 2.80. The normalized spacial score (nSPS) is 10.8. The van der Waals surface area contributed by atoms with Crippen LogP contribution >= 0.6 is 0 Å². The van der Waals surface area contributed by atoms with Gasteiger partial charge in [0.25, 0.3) is 0 Å². The lowest BCUT2D eigenvalue weighted by atomic mass is 10.0. The molecule has 0 fully saturated rings. The highest BCUT2D eigenvalue weighted by Crippen LogP contribution is 2.11. The van der Waals surface area contributed by atoms with E-state index in [1.54, 1.807) is 0 Å². The number of carbonyl (C=O) groups excluding carboxylic acids is 1. The summed E-state index contributed by atoms with van der Waals surface area (Å²) in [4.78, 5) is 14.1. The zero-order valence-corrected chi connectivity index (χ0v) is 10.7. The first-order valence-electron chi connectivity index (χ1n) is 5.83. The molecule has 0 spiro atoms. The molecule has 2 heteroatoms. The molecule has 0 bridgehead atoms. The summed E-state index contributed by atoms with van der Waals surface area (Å²) in [5, 5.41) is 0. The van der Waals surface area contributed by atoms with Gasteiger partial charge in [-0.05, 0) is 39.6 Å². The Labute approximate surface area is 98.3 Å². The van der Waals surface area contributed by atoms with Crippen molar-refractivity contribution in [3.8, 4) is 0 Å². The Bertz CT molecular complexity index is 351. The van der Waals surface area contributed by atoms with E-state index >= 15 is 0 Å². The Hall–Kier alpha value is -1.15. The maximum absolute atomic E-state index is 11.9. The van der Waals surface area contributed by atoms with Crippen LogP contribution in [0.2, 0.25) is 0 Å². The predicted octanol–water partition coefficient (Wildman–Crippen LogP) is 2.83. The Kier molecular flexibility index (Phi) is 4.69. The third kappa shape index (κ3) is 3.78. The lowest BCUT2D eigenvalue weighted by Crippen LogP contribution is -2.21. The molecule has 0 aromatic heterocycles. The van der Waals surface area contributed by atoms with Gasteiger partial charge >= 0.3 is 0 Å². The van der Waals surface area contributed by atoms with Crippen molar-refractivity contribution in [2.75, 3.05) is 20.1 Å². The van der Waals surface area contributed by atoms with Crippen LogP contribution in [0.1, 0.15) is 34.8 Å². The first-order valence-corrected chi connectivity index (χ1v) is 5.83. The zero-order valence-electron chi connectivity index (χ0n) is 10.7. The second kappa shape index (κ2) is 5.80. The average Bonchev–Trinajstić information content (AvgIpc) is 2.23. The van der Waals surface area contributed by atoms with E-state index in [9.17, 15) is 4.79 Å². The van der Waals surface area contributed by atoms with Gasteiger partial charge in [-0.2, -0.15) is 0 Å². The fraction of sp³-hybridized carbons (Fsp3) is 0.500. The molecular formula is C14H21NO. The monoisotopic (exact) mass is 219 g/mol. The van der Waals surface area contributed by atoms with E-state index in [0.717, 1.165) is 29.8 Å². The van der Waals surface area contributed by atoms with Crippen LogP contribution in [0.15, 0.2) is 18.2 Å². The van der Waals surface area contributed by atoms with Gasteiger partial charge in [0.2, 0.25) is 0 Å². The van der Waals surface area contributed by atoms with E-state index in [-0.39, 0.29) is 5.78 Å². The molecule has 0 aliphatic heterocycles. The van der Waals surface area contributed by atoms with Gasteiger partial charge in [0.15, 0.2) is 5.78 Å². The molecule has 0 unspecified atom stereocenters. The second-order valence-electron chi connectivity index (χ2n) is 4.45. The number of nitrogens with zero attached hydrogens (tertiary/aromatic N) is 1. The molecule has 88 valence electrons. The van der Waals surface area contributed by atoms with E-state index in [1.165, 1.54) is 0 Å². The maximum atomic E-state index is 11.9. The molecular weight excluding hydrogens is 198 g/mol. The fourth-order valence-electron chi connectivity index (χ4n) is 1.73. The van der Waals surface area contributed by atoms with Crippen molar-refractivity contribution < 1.29 is 4.79 Å². The summed E-state index contributed by atoms with van der Waals surface area (Å²) in [6.07, 6.45) is 0.604. The highest BCUT2D eigenvalue weighted by molar-refractivity contribution is 5.96. The quantitative estimate of drug-likeness (QED) is 0.710. The maximum Gasteiger partial charge on any atom is 0.164 e. The smallest absolute Gasteiger partial charge is 0.164 e. The molecule has 0 aliphatic rings. The Balaban J connectivity index is 2.66. The summed E-state index contributed by atoms with van der Waals surface area (Å²) in [6, 6.07) is 6.04. The first kappa shape index (κ1) is 12.9. The van der Waals surface area contributed by atoms with Crippen molar-refractivity contribution in [3.05, 3.63) is 34.9 Å². The molecule has 0 atom stereocenters. The Morgan fingerprint density at radius 3 is 2.25 bits per heavy atom. The van der Waals surface area contributed by atoms with E-state index in [1.807, 2.05) is 33.0 Å². The number of aryl methyl sites for hydroxylation is 2. The van der Waals surface area contributed by atoms with Crippen LogP contribution in [0.4, 0.5) is 0 Å². The van der Waals surface area contributed by atoms with Crippen molar-refractivity contribution in [2.24, 2.45) is 0 Å². The minimum Gasteiger partial charge on any atom is -0.306 e. The van der Waals surface area contributed by atoms with Gasteiger partial charge in [-0.15, -0.1) is 0 Å². The predicted molar refractivity (Wildman–Crippen MR) is 68.0 cm³/mol. The van der Waals surface area contributed by atoms with Crippen LogP contribution in [0.5, 0.6) is 0 Å². The Morgan fingerprint density at radius 1 is 1.19 bits per heavy atom. The van der Waals surface area contributed by atoms with Crippen LogP contribution < -0.4 is 0 Å². The SMILES string of the molecule is CCN(C)CCC(=O)c1cc(C)cc(C)c1. The molecule has 16 heavy (non-hydrogen) atoms. The molecule has 0 saturated heterocycles. The van der Waals surface area contributed by atoms with Crippen LogP contribution in [0.3, 0.4) is 0 Å². The molecule has 0 radical (unpaired) electrons. The number of hydrogen-bond donors (Lipinski definition) is 0. The van der Waals surface area contributed by atoms with Crippen LogP contribution in [-0.2, 0) is 0 Å². The van der Waals surface area contributed by atoms with Crippen LogP contribution in [0, 0.1) is 13.8 Å². The van der Waals surface area contributed by atoms with Crippen molar-refractivity contribution in [3.63, 3.8) is 0 Å². The largest absolute Gasteiger partial charge is 0.306 e. The number of hydrogen-bond acceptors (Lipinski definition) is 2. The van der Waals surface area contributed by atoms with Gasteiger partial charge in [0, 0.05) is 18.5 Å². The molecule has 0 aliphatic carbocycles. The summed E-state index contributed by atoms with van der Waals surface area (Å²) < 4.78 is 0. The molecule has 0 N–H and O–H groups in total. The number of benzene rings is 1. The summed E-state index contributed by atoms with van der Waals surface area (Å²) in [5.74, 6) is 0.243. The molecule has 2 nitrogen and oxygen atoms in total. The standard InChI is InChI=1S/C14H21NO/c1-5-15(4)7-6-14(16)13-9-11(2)8-12(3)10-13/h8-10H,5-7H2,1-4H3. The number of ketones is 1. The minimum absolute atomic E-state index is 0.243. The van der Waals surface area contributed by atoms with Gasteiger partial charge in [0.1, 0.15) is 0 Å². The van der Waals surface area contributed by atoms with E-state index in [4.69, 9.17) is 0 Å².